The Balaban J connectivity index is 1.90. The number of carbonyl (C=O) groups is 1. The van der Waals surface area contributed by atoms with Crippen molar-refractivity contribution in [1.82, 2.24) is 4.57 Å². The van der Waals surface area contributed by atoms with Gasteiger partial charge in [-0.15, -0.1) is 0 Å². The third-order valence-electron chi connectivity index (χ3n) is 4.71. The molecule has 0 radical (unpaired) electrons. The highest BCUT2D eigenvalue weighted by Gasteiger charge is 2.28. The number of hydrogen-bond donors (Lipinski definition) is 2. The molecule has 1 aliphatic heterocycles. The number of hydrogen-bond acceptors (Lipinski definition) is 5. The number of fused-ring (bicyclic) bond motifs is 1. The Morgan fingerprint density at radius 1 is 1.28 bits per heavy atom. The summed E-state index contributed by atoms with van der Waals surface area (Å²) in [5.41, 5.74) is 0.231. The van der Waals surface area contributed by atoms with E-state index in [4.69, 9.17) is 5.11 Å². The minimum atomic E-state index is -1.58. The number of aliphatic hydroxyl groups is 1. The van der Waals surface area contributed by atoms with Gasteiger partial charge in [0.2, 0.25) is 5.43 Å². The molecule has 1 atom stereocenters. The van der Waals surface area contributed by atoms with Gasteiger partial charge in [0.05, 0.1) is 28.9 Å². The van der Waals surface area contributed by atoms with Crippen LogP contribution < -0.4 is 15.1 Å². The lowest BCUT2D eigenvalue weighted by Crippen LogP contribution is -2.23. The van der Waals surface area contributed by atoms with Crippen LogP contribution in [0.5, 0.6) is 5.75 Å². The van der Waals surface area contributed by atoms with Gasteiger partial charge >= 0.3 is 6.16 Å². The van der Waals surface area contributed by atoms with Crippen LogP contribution >= 0.6 is 0 Å². The Kier molecular flexibility index (Phi) is 3.64. The zero-order valence-electron chi connectivity index (χ0n) is 13.3. The molecule has 2 N–H and O–H groups in total. The maximum Gasteiger partial charge on any atom is 0.511 e. The van der Waals surface area contributed by atoms with Crippen molar-refractivity contribution in [2.75, 3.05) is 18.0 Å². The van der Waals surface area contributed by atoms with E-state index in [2.05, 4.69) is 4.74 Å². The standard InChI is InChI=1S/C17H17FN2O5/c18-12-5-11-13(6-14(12)19-4-3-10(21)7-19)20(9-1-2-9)8-15(16(11)22)25-17(23)24/h5-6,8-10,21H,1-4,7H2,(H,23,24). The first-order chi connectivity index (χ1) is 11.9. The van der Waals surface area contributed by atoms with Gasteiger partial charge in [0.15, 0.2) is 5.75 Å². The second-order valence-corrected chi connectivity index (χ2v) is 6.54. The van der Waals surface area contributed by atoms with Gasteiger partial charge in [-0.1, -0.05) is 0 Å². The number of halogens is 1. The van der Waals surface area contributed by atoms with Crippen molar-refractivity contribution >= 4 is 22.7 Å². The molecule has 1 aromatic carbocycles. The Hall–Kier alpha value is -2.61. The zero-order chi connectivity index (χ0) is 17.7. The maximum absolute atomic E-state index is 14.6. The number of β-amino-alcohol motifs (C(OH)–C–C–N with tert-alkyl or cyclic N) is 1. The first kappa shape index (κ1) is 15.9. The SMILES string of the molecule is O=C(O)Oc1cn(C2CC2)c2cc(N3CCC(O)C3)c(F)cc2c1=O. The molecular weight excluding hydrogens is 331 g/mol. The first-order valence-electron chi connectivity index (χ1n) is 8.16. The third-order valence-corrected chi connectivity index (χ3v) is 4.71. The van der Waals surface area contributed by atoms with Gasteiger partial charge in [-0.05, 0) is 31.4 Å². The molecule has 1 saturated heterocycles. The fourth-order valence-corrected chi connectivity index (χ4v) is 3.36. The largest absolute Gasteiger partial charge is 0.511 e. The van der Waals surface area contributed by atoms with E-state index in [1.54, 1.807) is 15.5 Å². The lowest BCUT2D eigenvalue weighted by atomic mass is 10.1. The first-order valence-corrected chi connectivity index (χ1v) is 8.16. The normalized spacial score (nSPS) is 20.2. The van der Waals surface area contributed by atoms with Gasteiger partial charge in [0.25, 0.3) is 0 Å². The summed E-state index contributed by atoms with van der Waals surface area (Å²) in [6, 6.07) is 2.87. The number of rotatable bonds is 3. The molecule has 25 heavy (non-hydrogen) atoms. The smallest absolute Gasteiger partial charge is 0.449 e. The van der Waals surface area contributed by atoms with Crippen LogP contribution in [0.1, 0.15) is 25.3 Å². The van der Waals surface area contributed by atoms with Crippen molar-refractivity contribution in [1.29, 1.82) is 0 Å². The lowest BCUT2D eigenvalue weighted by Gasteiger charge is -2.20. The van der Waals surface area contributed by atoms with E-state index in [-0.39, 0.29) is 17.2 Å². The minimum absolute atomic E-state index is 0.0895. The second-order valence-electron chi connectivity index (χ2n) is 6.54. The van der Waals surface area contributed by atoms with E-state index >= 15 is 0 Å². The summed E-state index contributed by atoms with van der Waals surface area (Å²) in [6.07, 6.45) is 1.68. The molecule has 1 saturated carbocycles. The molecule has 2 heterocycles. The maximum atomic E-state index is 14.6. The summed E-state index contributed by atoms with van der Waals surface area (Å²) in [5.74, 6) is -0.899. The second kappa shape index (κ2) is 5.73. The molecule has 0 spiro atoms. The van der Waals surface area contributed by atoms with Crippen molar-refractivity contribution in [2.24, 2.45) is 0 Å². The van der Waals surface area contributed by atoms with Crippen LogP contribution in [-0.4, -0.2) is 40.1 Å². The van der Waals surface area contributed by atoms with Crippen molar-refractivity contribution in [3.8, 4) is 5.75 Å². The van der Waals surface area contributed by atoms with Crippen LogP contribution in [0.15, 0.2) is 23.1 Å². The van der Waals surface area contributed by atoms with Crippen molar-refractivity contribution in [2.45, 2.75) is 31.4 Å². The number of nitrogens with zero attached hydrogens (tertiary/aromatic N) is 2. The van der Waals surface area contributed by atoms with E-state index in [1.165, 1.54) is 6.20 Å². The van der Waals surface area contributed by atoms with E-state index in [1.807, 2.05) is 0 Å². The summed E-state index contributed by atoms with van der Waals surface area (Å²) in [7, 11) is 0. The molecule has 1 unspecified atom stereocenters. The predicted molar refractivity (Wildman–Crippen MR) is 87.9 cm³/mol. The average Bonchev–Trinajstić information content (AvgIpc) is 3.31. The van der Waals surface area contributed by atoms with Gasteiger partial charge in [-0.2, -0.15) is 0 Å². The highest BCUT2D eigenvalue weighted by atomic mass is 19.1. The Labute approximate surface area is 141 Å². The van der Waals surface area contributed by atoms with Crippen LogP contribution in [0.3, 0.4) is 0 Å². The van der Waals surface area contributed by atoms with Gasteiger partial charge in [-0.25, -0.2) is 9.18 Å². The fraction of sp³-hybridized carbons (Fsp3) is 0.412. The molecule has 2 aromatic rings. The predicted octanol–water partition coefficient (Wildman–Crippen LogP) is 2.10. The monoisotopic (exact) mass is 348 g/mol. The molecule has 132 valence electrons. The lowest BCUT2D eigenvalue weighted by molar-refractivity contribution is 0.143. The molecule has 0 bridgehead atoms. The van der Waals surface area contributed by atoms with Crippen molar-refractivity contribution in [3.63, 3.8) is 0 Å². The molecule has 7 nitrogen and oxygen atoms in total. The van der Waals surface area contributed by atoms with Crippen LogP contribution in [0.4, 0.5) is 14.9 Å². The fourth-order valence-electron chi connectivity index (χ4n) is 3.36. The van der Waals surface area contributed by atoms with E-state index in [0.717, 1.165) is 18.9 Å². The van der Waals surface area contributed by atoms with Crippen LogP contribution in [0, 0.1) is 5.82 Å². The van der Waals surface area contributed by atoms with Gasteiger partial charge in [-0.3, -0.25) is 4.79 Å². The topological polar surface area (TPSA) is 92.0 Å². The highest BCUT2D eigenvalue weighted by Crippen LogP contribution is 2.39. The molecule has 1 aromatic heterocycles. The molecule has 4 rings (SSSR count). The van der Waals surface area contributed by atoms with Crippen molar-refractivity contribution < 1.29 is 24.1 Å². The Morgan fingerprint density at radius 3 is 2.64 bits per heavy atom. The summed E-state index contributed by atoms with van der Waals surface area (Å²) < 4.78 is 20.9. The van der Waals surface area contributed by atoms with E-state index < -0.39 is 23.5 Å². The average molecular weight is 348 g/mol. The Bertz CT molecular complexity index is 921. The quantitative estimate of drug-likeness (QED) is 0.826. The number of aromatic nitrogens is 1. The Morgan fingerprint density at radius 2 is 2.04 bits per heavy atom. The number of pyridine rings is 1. The van der Waals surface area contributed by atoms with Crippen LogP contribution in [-0.2, 0) is 0 Å². The van der Waals surface area contributed by atoms with Crippen LogP contribution in [0.2, 0.25) is 0 Å². The molecule has 1 aliphatic carbocycles. The molecule has 2 fully saturated rings. The number of carboxylic acid groups (broad SMARTS) is 1. The minimum Gasteiger partial charge on any atom is -0.449 e. The number of aliphatic hydroxyl groups excluding tert-OH is 1. The summed E-state index contributed by atoms with van der Waals surface area (Å²) in [4.78, 5) is 25.0. The zero-order valence-corrected chi connectivity index (χ0v) is 13.3. The summed E-state index contributed by atoms with van der Waals surface area (Å²) >= 11 is 0. The molecule has 2 aliphatic rings. The summed E-state index contributed by atoms with van der Waals surface area (Å²) in [5, 5.41) is 18.6. The molecule has 8 heteroatoms. The van der Waals surface area contributed by atoms with E-state index in [0.29, 0.717) is 30.7 Å². The van der Waals surface area contributed by atoms with E-state index in [9.17, 15) is 19.1 Å². The molecule has 0 amide bonds. The van der Waals surface area contributed by atoms with Crippen LogP contribution in [0.25, 0.3) is 10.9 Å². The van der Waals surface area contributed by atoms with Gasteiger partial charge < -0.3 is 24.4 Å². The third kappa shape index (κ3) is 2.82. The van der Waals surface area contributed by atoms with Crippen molar-refractivity contribution in [3.05, 3.63) is 34.4 Å². The van der Waals surface area contributed by atoms with Gasteiger partial charge in [0, 0.05) is 19.1 Å². The van der Waals surface area contributed by atoms with Gasteiger partial charge in [0.1, 0.15) is 5.82 Å². The molecular formula is C17H17FN2O5. The number of benzene rings is 1. The number of ether oxygens (including phenoxy) is 1. The summed E-state index contributed by atoms with van der Waals surface area (Å²) in [6.45, 7) is 0.883. The highest BCUT2D eigenvalue weighted by molar-refractivity contribution is 5.85. The number of anilines is 1.